The molecule has 0 saturated heterocycles. The average Bonchev–Trinajstić information content (AvgIpc) is 3.15. The molecule has 0 fully saturated rings. The van der Waals surface area contributed by atoms with Crippen molar-refractivity contribution < 1.29 is 29.3 Å². The molecule has 1 aromatic rings. The highest BCUT2D eigenvalue weighted by Crippen LogP contribution is 2.58. The second kappa shape index (κ2) is 6.45. The van der Waals surface area contributed by atoms with Crippen molar-refractivity contribution in [3.8, 4) is 11.5 Å². The maximum Gasteiger partial charge on any atom is 0.245 e. The van der Waals surface area contributed by atoms with Gasteiger partial charge in [0, 0.05) is 29.0 Å². The minimum atomic E-state index is -1.85. The number of phenolic OH excluding ortho intramolecular Hbond substituents is 1. The van der Waals surface area contributed by atoms with E-state index >= 15 is 0 Å². The van der Waals surface area contributed by atoms with Crippen LogP contribution in [0.2, 0.25) is 0 Å². The standard InChI is InChI=1S/C24H28O6/c1-11(25)7-17-13(3)20(26)15(5)21-18(17)9-23(6)22(27)14(4)19(24(23,28)30-21)16-8-12(2)29-10-16/h8,16,26,28H,7,9-10H2,1-6H3/t16-,23-,24+/m1/s1. The van der Waals surface area contributed by atoms with Gasteiger partial charge in [0.25, 0.3) is 0 Å². The lowest BCUT2D eigenvalue weighted by Gasteiger charge is -2.46. The molecule has 0 amide bonds. The van der Waals surface area contributed by atoms with Crippen LogP contribution in [0.1, 0.15) is 49.9 Å². The summed E-state index contributed by atoms with van der Waals surface area (Å²) in [7, 11) is 0. The molecule has 3 atom stereocenters. The Hall–Kier alpha value is -2.60. The highest BCUT2D eigenvalue weighted by atomic mass is 16.6. The van der Waals surface area contributed by atoms with Gasteiger partial charge in [0.2, 0.25) is 5.79 Å². The van der Waals surface area contributed by atoms with Crippen molar-refractivity contribution in [3.63, 3.8) is 0 Å². The van der Waals surface area contributed by atoms with Crippen molar-refractivity contribution in [2.45, 2.75) is 60.2 Å². The molecule has 2 N–H and O–H groups in total. The van der Waals surface area contributed by atoms with Crippen LogP contribution in [0.25, 0.3) is 0 Å². The number of phenols is 1. The fourth-order valence-corrected chi connectivity index (χ4v) is 5.34. The molecule has 0 saturated carbocycles. The lowest BCUT2D eigenvalue weighted by atomic mass is 9.70. The zero-order valence-electron chi connectivity index (χ0n) is 18.3. The second-order valence-electron chi connectivity index (χ2n) is 9.08. The molecule has 30 heavy (non-hydrogen) atoms. The summed E-state index contributed by atoms with van der Waals surface area (Å²) in [6.07, 6.45) is 2.25. The van der Waals surface area contributed by atoms with Crippen LogP contribution >= 0.6 is 0 Å². The maximum absolute atomic E-state index is 13.4. The van der Waals surface area contributed by atoms with Gasteiger partial charge in [-0.15, -0.1) is 0 Å². The molecule has 4 rings (SSSR count). The zero-order valence-corrected chi connectivity index (χ0v) is 18.3. The van der Waals surface area contributed by atoms with Crippen LogP contribution in [0.4, 0.5) is 0 Å². The number of aromatic hydroxyl groups is 1. The van der Waals surface area contributed by atoms with Crippen LogP contribution in [-0.4, -0.2) is 34.2 Å². The fraction of sp³-hybridized carbons (Fsp3) is 0.500. The molecule has 2 aliphatic heterocycles. The lowest BCUT2D eigenvalue weighted by molar-refractivity contribution is -0.194. The summed E-state index contributed by atoms with van der Waals surface area (Å²) in [5.74, 6) is -1.19. The van der Waals surface area contributed by atoms with Gasteiger partial charge < -0.3 is 19.7 Å². The summed E-state index contributed by atoms with van der Waals surface area (Å²) in [6.45, 7) is 10.6. The smallest absolute Gasteiger partial charge is 0.245 e. The number of carbonyl (C=O) groups is 2. The van der Waals surface area contributed by atoms with Crippen LogP contribution in [0, 0.1) is 25.2 Å². The molecule has 1 aromatic carbocycles. The first-order valence-corrected chi connectivity index (χ1v) is 10.2. The number of Topliss-reactive ketones (excluding diaryl/α,β-unsaturated/α-hetero) is 2. The first kappa shape index (κ1) is 20.7. The second-order valence-corrected chi connectivity index (χ2v) is 9.08. The van der Waals surface area contributed by atoms with E-state index < -0.39 is 11.2 Å². The highest BCUT2D eigenvalue weighted by molar-refractivity contribution is 6.05. The molecule has 1 aliphatic carbocycles. The Morgan fingerprint density at radius 2 is 1.90 bits per heavy atom. The van der Waals surface area contributed by atoms with Gasteiger partial charge in [-0.25, -0.2) is 0 Å². The first-order valence-electron chi connectivity index (χ1n) is 10.2. The van der Waals surface area contributed by atoms with Gasteiger partial charge in [-0.05, 0) is 70.7 Å². The van der Waals surface area contributed by atoms with E-state index in [1.165, 1.54) is 6.92 Å². The van der Waals surface area contributed by atoms with E-state index in [9.17, 15) is 19.8 Å². The first-order chi connectivity index (χ1) is 13.9. The molecule has 2 heterocycles. The summed E-state index contributed by atoms with van der Waals surface area (Å²) in [5, 5.41) is 22.6. The molecule has 0 unspecified atom stereocenters. The van der Waals surface area contributed by atoms with Gasteiger partial charge in [0.1, 0.15) is 22.7 Å². The Morgan fingerprint density at radius 3 is 2.47 bits per heavy atom. The van der Waals surface area contributed by atoms with Crippen LogP contribution < -0.4 is 4.74 Å². The summed E-state index contributed by atoms with van der Waals surface area (Å²) >= 11 is 0. The van der Waals surface area contributed by atoms with Crippen molar-refractivity contribution in [2.24, 2.45) is 11.3 Å². The Bertz CT molecular complexity index is 1060. The molecule has 0 bridgehead atoms. The number of hydrogen-bond acceptors (Lipinski definition) is 6. The van der Waals surface area contributed by atoms with Crippen LogP contribution in [0.15, 0.2) is 23.0 Å². The predicted octanol–water partition coefficient (Wildman–Crippen LogP) is 3.22. The number of ether oxygens (including phenoxy) is 2. The third-order valence-electron chi connectivity index (χ3n) is 7.00. The Balaban J connectivity index is 1.94. The van der Waals surface area contributed by atoms with E-state index in [2.05, 4.69) is 0 Å². The normalized spacial score (nSPS) is 29.9. The number of carbonyl (C=O) groups excluding carboxylic acids is 2. The molecule has 6 heteroatoms. The fourth-order valence-electron chi connectivity index (χ4n) is 5.34. The van der Waals surface area contributed by atoms with Crippen LogP contribution in [0.3, 0.4) is 0 Å². The third-order valence-corrected chi connectivity index (χ3v) is 7.00. The van der Waals surface area contributed by atoms with Crippen molar-refractivity contribution in [2.75, 3.05) is 6.61 Å². The molecule has 6 nitrogen and oxygen atoms in total. The average molecular weight is 412 g/mol. The number of allylic oxidation sites excluding steroid dienone is 2. The number of fused-ring (bicyclic) bond motifs is 2. The van der Waals surface area contributed by atoms with Gasteiger partial charge in [-0.3, -0.25) is 9.59 Å². The van der Waals surface area contributed by atoms with Crippen molar-refractivity contribution in [1.82, 2.24) is 0 Å². The Morgan fingerprint density at radius 1 is 1.23 bits per heavy atom. The van der Waals surface area contributed by atoms with Gasteiger partial charge in [-0.2, -0.15) is 0 Å². The monoisotopic (exact) mass is 412 g/mol. The maximum atomic E-state index is 13.4. The van der Waals surface area contributed by atoms with Crippen molar-refractivity contribution in [1.29, 1.82) is 0 Å². The summed E-state index contributed by atoms with van der Waals surface area (Å²) in [5.41, 5.74) is 2.26. The van der Waals surface area contributed by atoms with E-state index in [1.54, 1.807) is 27.7 Å². The topological polar surface area (TPSA) is 93.1 Å². The largest absolute Gasteiger partial charge is 0.507 e. The van der Waals surface area contributed by atoms with E-state index in [0.717, 1.165) is 5.76 Å². The lowest BCUT2D eigenvalue weighted by Crippen LogP contribution is -2.57. The van der Waals surface area contributed by atoms with E-state index in [1.807, 2.05) is 13.0 Å². The molecule has 0 spiro atoms. The number of benzene rings is 1. The van der Waals surface area contributed by atoms with E-state index in [4.69, 9.17) is 9.47 Å². The van der Waals surface area contributed by atoms with Gasteiger partial charge in [0.05, 0.1) is 12.4 Å². The van der Waals surface area contributed by atoms with Gasteiger partial charge in [0.15, 0.2) is 5.78 Å². The molecular formula is C24H28O6. The number of aliphatic hydroxyl groups is 1. The predicted molar refractivity (Wildman–Crippen MR) is 110 cm³/mol. The summed E-state index contributed by atoms with van der Waals surface area (Å²) in [4.78, 5) is 25.3. The molecule has 3 aliphatic rings. The van der Waals surface area contributed by atoms with Crippen molar-refractivity contribution >= 4 is 11.6 Å². The quantitative estimate of drug-likeness (QED) is 0.792. The number of hydrogen-bond donors (Lipinski definition) is 2. The van der Waals surface area contributed by atoms with Gasteiger partial charge in [-0.1, -0.05) is 0 Å². The van der Waals surface area contributed by atoms with Crippen molar-refractivity contribution in [3.05, 3.63) is 45.2 Å². The van der Waals surface area contributed by atoms with E-state index in [0.29, 0.717) is 45.8 Å². The molecule has 0 radical (unpaired) electrons. The molecule has 160 valence electrons. The summed E-state index contributed by atoms with van der Waals surface area (Å²) in [6, 6.07) is 0. The SMILES string of the molecule is CC(=O)Cc1c(C)c(O)c(C)c2c1C[C@]1(C)C(=O)C(C)=C([C@@H]3C=C(C)OC3)[C@]1(O)O2. The Labute approximate surface area is 176 Å². The number of rotatable bonds is 3. The van der Waals surface area contributed by atoms with Crippen LogP contribution in [-0.2, 0) is 27.2 Å². The minimum absolute atomic E-state index is 0.0451. The number of ketones is 2. The Kier molecular flexibility index (Phi) is 4.44. The van der Waals surface area contributed by atoms with Gasteiger partial charge >= 0.3 is 0 Å². The molecular weight excluding hydrogens is 384 g/mol. The highest BCUT2D eigenvalue weighted by Gasteiger charge is 2.66. The minimum Gasteiger partial charge on any atom is -0.507 e. The summed E-state index contributed by atoms with van der Waals surface area (Å²) < 4.78 is 11.8. The van der Waals surface area contributed by atoms with E-state index in [-0.39, 0.29) is 36.1 Å². The zero-order chi connectivity index (χ0) is 22.2. The third kappa shape index (κ3) is 2.52. The van der Waals surface area contributed by atoms with Crippen LogP contribution in [0.5, 0.6) is 11.5 Å². The molecule has 0 aromatic heterocycles.